The molecule has 602 valence electrons. The van der Waals surface area contributed by atoms with Gasteiger partial charge in [-0.15, -0.1) is 12.8 Å². The SMILES string of the molecule is C#CCN(C)[C@H](C)Cc1ccccc1.C#CCN[C@@H]1CCc2ccccc21.CN1C2CC[C@@H]1CC(OC(=O)[C@H](CO)c1ccccc1)C2.Cc1ccc(C(=O)c2cc(O)c(O)c([N+](=O)[O-])c2)cc1.OC(CCN1CCCCC1)(c1ccccc1)C12C=CC(CC1)C2.OC(CCN1CCCCC1)(c1ccccc1)C1CCCCC1. The van der Waals surface area contributed by atoms with Crippen molar-refractivity contribution >= 4 is 17.4 Å². The standard InChI is InChI=1S/C21H29NO.C20H31NO.C17H23NO3.C14H11NO5.C13H17N.C12H13N/c23-21(19-7-3-1-4-8-19,13-16-22-14-5-2-6-15-22)20-11-9-18(17-20)10-12-20;22-20(18-10-4-1-5-11-18,19-12-6-2-7-13-19)14-17-21-15-8-3-9-16-21;1-18-13-7-8-14(18)10-15(9-13)21-17(20)16(11-19)12-5-3-2-4-6-12;1-8-2-4-9(5-3-8)13(17)10-6-11(15(19)20)14(18)12(16)7-10;1-4-10-14(3)12(2)11-13-8-6-5-7-9-13;1-2-9-13-12-8-7-10-5-3-4-6-11(10)12/h1,3-4,7-9,11,18,23H,2,5-6,10,12-17H2;1,4-5,10-11,19,22H,2-3,6-9,12-17H2;2-6,13-16,19H,7-11H2,1H3;2-7,16,18H,1H3;1,5-9,12H,10-11H2,2-3H3;1,3-6,12-13H,7-9H2/t;;13-,14?,15?,16-;;2*12-/m..1.11/s1. The maximum absolute atomic E-state index is 12.4. The Bertz CT molecular complexity index is 4180. The van der Waals surface area contributed by atoms with Gasteiger partial charge in [0.2, 0.25) is 5.75 Å². The van der Waals surface area contributed by atoms with Gasteiger partial charge in [-0.05, 0) is 221 Å². The Morgan fingerprint density at radius 1 is 0.690 bits per heavy atom. The van der Waals surface area contributed by atoms with Crippen LogP contribution in [0.1, 0.15) is 209 Å². The molecule has 16 heteroatoms. The van der Waals surface area contributed by atoms with Crippen LogP contribution in [-0.2, 0) is 33.6 Å². The van der Waals surface area contributed by atoms with Crippen molar-refractivity contribution < 1.29 is 44.8 Å². The summed E-state index contributed by atoms with van der Waals surface area (Å²) >= 11 is 0. The summed E-state index contributed by atoms with van der Waals surface area (Å²) in [5.74, 6) is 3.53. The topological polar surface area (TPSA) is 213 Å². The first-order chi connectivity index (χ1) is 54.7. The molecule has 0 spiro atoms. The van der Waals surface area contributed by atoms with E-state index in [9.17, 15) is 45.2 Å². The molecule has 4 aliphatic heterocycles. The number of aliphatic hydroxyl groups excluding tert-OH is 1. The minimum absolute atomic E-state index is 0.00367. The lowest BCUT2D eigenvalue weighted by Crippen LogP contribution is -2.45. The summed E-state index contributed by atoms with van der Waals surface area (Å²) in [5.41, 5.74) is 6.51. The molecule has 0 radical (unpaired) electrons. The maximum Gasteiger partial charge on any atom is 0.316 e. The molecule has 4 aliphatic carbocycles. The van der Waals surface area contributed by atoms with Crippen molar-refractivity contribution in [1.82, 2.24) is 24.9 Å². The van der Waals surface area contributed by atoms with Gasteiger partial charge in [-0.2, -0.15) is 0 Å². The number of carbonyl (C=O) groups is 2. The second-order valence-electron chi connectivity index (χ2n) is 32.7. The lowest BCUT2D eigenvalue weighted by Gasteiger charge is -2.44. The van der Waals surface area contributed by atoms with E-state index in [1.165, 1.54) is 146 Å². The number of fused-ring (bicyclic) bond motifs is 5. The van der Waals surface area contributed by atoms with E-state index < -0.39 is 45.0 Å². The quantitative estimate of drug-likeness (QED) is 0.00669. The number of ether oxygens (including phenoxy) is 1. The number of rotatable bonds is 23. The third-order valence-corrected chi connectivity index (χ3v) is 25.3. The highest BCUT2D eigenvalue weighted by molar-refractivity contribution is 6.09. The van der Waals surface area contributed by atoms with Crippen LogP contribution in [0, 0.1) is 59.0 Å². The summed E-state index contributed by atoms with van der Waals surface area (Å²) in [6, 6.07) is 60.0. The highest BCUT2D eigenvalue weighted by Gasteiger charge is 2.55. The van der Waals surface area contributed by atoms with Crippen molar-refractivity contribution in [2.24, 2.45) is 17.3 Å². The highest BCUT2D eigenvalue weighted by atomic mass is 16.6. The molecule has 8 aliphatic rings. The number of nitro groups is 1. The molecule has 16 nitrogen and oxygen atoms in total. The van der Waals surface area contributed by atoms with Gasteiger partial charge in [-0.1, -0.05) is 232 Å². The molecule has 0 aromatic heterocycles. The van der Waals surface area contributed by atoms with Gasteiger partial charge in [-0.3, -0.25) is 29.9 Å². The highest BCUT2D eigenvalue weighted by Crippen LogP contribution is 2.60. The molecule has 2 saturated carbocycles. The van der Waals surface area contributed by atoms with Gasteiger partial charge >= 0.3 is 11.7 Å². The first kappa shape index (κ1) is 86.6. The molecule has 10 atom stereocenters. The van der Waals surface area contributed by atoms with Crippen molar-refractivity contribution in [3.05, 3.63) is 254 Å². The predicted octanol–water partition coefficient (Wildman–Crippen LogP) is 17.0. The molecule has 4 bridgehead atoms. The Kier molecular flexibility index (Phi) is 33.0. The second-order valence-corrected chi connectivity index (χ2v) is 32.7. The zero-order valence-electron chi connectivity index (χ0n) is 67.4. The molecular formula is C97H124N6O10. The number of ketones is 1. The van der Waals surface area contributed by atoms with Gasteiger partial charge in [0.25, 0.3) is 0 Å². The molecule has 6 N–H and O–H groups in total. The second kappa shape index (κ2) is 43.1. The Balaban J connectivity index is 0.000000145. The van der Waals surface area contributed by atoms with Crippen LogP contribution in [0.15, 0.2) is 194 Å². The first-order valence-corrected chi connectivity index (χ1v) is 41.8. The zero-order chi connectivity index (χ0) is 80.2. The number of phenols is 2. The molecule has 6 fully saturated rings. The number of nitrogens with zero attached hydrogens (tertiary/aromatic N) is 5. The van der Waals surface area contributed by atoms with E-state index in [1.807, 2.05) is 49.4 Å². The minimum atomic E-state index is -0.860. The molecular weight excluding hydrogens is 1410 g/mol. The Hall–Kier alpha value is -8.78. The fraction of sp³-hybridized carbons (Fsp3) is 0.485. The predicted molar refractivity (Wildman–Crippen MR) is 452 cm³/mol. The molecule has 7 aromatic carbocycles. The summed E-state index contributed by atoms with van der Waals surface area (Å²) < 4.78 is 5.70. The van der Waals surface area contributed by atoms with E-state index in [0.717, 1.165) is 92.4 Å². The number of nitro benzene ring substituents is 1. The number of likely N-dealkylation sites (tertiary alicyclic amines) is 2. The number of aromatic hydroxyl groups is 2. The van der Waals surface area contributed by atoms with Crippen LogP contribution in [0.4, 0.5) is 5.69 Å². The van der Waals surface area contributed by atoms with Crippen molar-refractivity contribution in [3.63, 3.8) is 0 Å². The van der Waals surface area contributed by atoms with E-state index in [-0.39, 0.29) is 29.7 Å². The third-order valence-electron chi connectivity index (χ3n) is 25.3. The zero-order valence-corrected chi connectivity index (χ0v) is 67.4. The van der Waals surface area contributed by atoms with E-state index in [0.29, 0.717) is 54.7 Å². The summed E-state index contributed by atoms with van der Waals surface area (Å²) in [6.07, 6.45) is 42.4. The minimum Gasteiger partial charge on any atom is -0.504 e. The normalized spacial score (nSPS) is 22.6. The largest absolute Gasteiger partial charge is 0.504 e. The lowest BCUT2D eigenvalue weighted by atomic mass is 9.66. The molecule has 113 heavy (non-hydrogen) atoms. The summed E-state index contributed by atoms with van der Waals surface area (Å²) in [5, 5.41) is 66.0. The number of carbonyl (C=O) groups excluding carboxylic acids is 2. The maximum atomic E-state index is 12.4. The van der Waals surface area contributed by atoms with E-state index in [4.69, 9.17) is 17.6 Å². The summed E-state index contributed by atoms with van der Waals surface area (Å²) in [4.78, 5) is 44.2. The molecule has 4 heterocycles. The average molecular weight is 1530 g/mol. The number of phenolic OH excluding ortho intramolecular Hbond substituents is 2. The van der Waals surface area contributed by atoms with Gasteiger partial charge in [0.1, 0.15) is 12.0 Å². The smallest absolute Gasteiger partial charge is 0.316 e. The van der Waals surface area contributed by atoms with Crippen LogP contribution < -0.4 is 5.32 Å². The van der Waals surface area contributed by atoms with Gasteiger partial charge in [0.05, 0.1) is 35.8 Å². The van der Waals surface area contributed by atoms with Gasteiger partial charge in [0, 0.05) is 59.9 Å². The van der Waals surface area contributed by atoms with Crippen molar-refractivity contribution in [3.8, 4) is 36.2 Å². The lowest BCUT2D eigenvalue weighted by molar-refractivity contribution is -0.386. The number of benzene rings is 7. The fourth-order valence-electron chi connectivity index (χ4n) is 18.4. The van der Waals surface area contributed by atoms with E-state index in [1.54, 1.807) is 24.3 Å². The summed E-state index contributed by atoms with van der Waals surface area (Å²) in [6.45, 7) is 12.1. The molecule has 15 rings (SSSR count). The van der Waals surface area contributed by atoms with Gasteiger partial charge in [0.15, 0.2) is 11.5 Å². The Morgan fingerprint density at radius 2 is 1.26 bits per heavy atom. The van der Waals surface area contributed by atoms with Gasteiger partial charge in [-0.25, -0.2) is 0 Å². The van der Waals surface area contributed by atoms with E-state index in [2.05, 4.69) is 173 Å². The van der Waals surface area contributed by atoms with Crippen molar-refractivity contribution in [1.29, 1.82) is 0 Å². The number of piperidine rings is 3. The van der Waals surface area contributed by atoms with Crippen LogP contribution in [-0.4, -0.2) is 159 Å². The van der Waals surface area contributed by atoms with Crippen molar-refractivity contribution in [2.75, 3.05) is 73.1 Å². The number of aliphatic hydroxyl groups is 3. The van der Waals surface area contributed by atoms with Crippen LogP contribution in [0.5, 0.6) is 11.5 Å². The molecule has 0 amide bonds. The van der Waals surface area contributed by atoms with E-state index >= 15 is 0 Å². The number of hydrogen-bond acceptors (Lipinski definition) is 15. The molecule has 7 aromatic rings. The monoisotopic (exact) mass is 1530 g/mol. The van der Waals surface area contributed by atoms with Crippen LogP contribution >= 0.6 is 0 Å². The molecule has 6 unspecified atom stereocenters. The first-order valence-electron chi connectivity index (χ1n) is 41.8. The number of nitrogens with one attached hydrogen (secondary N) is 1. The average Bonchev–Trinajstić information content (AvgIpc) is 1.60. The number of allylic oxidation sites excluding steroid dienone is 1. The van der Waals surface area contributed by atoms with Crippen LogP contribution in [0.2, 0.25) is 0 Å². The number of likely N-dealkylation sites (N-methyl/N-ethyl adjacent to an activating group) is 1. The van der Waals surface area contributed by atoms with Crippen LogP contribution in [0.3, 0.4) is 0 Å². The number of terminal acetylenes is 2. The Morgan fingerprint density at radius 3 is 1.81 bits per heavy atom. The number of hydrogen-bond donors (Lipinski definition) is 6. The summed E-state index contributed by atoms with van der Waals surface area (Å²) in [7, 11) is 4.23. The van der Waals surface area contributed by atoms with Crippen LogP contribution in [0.25, 0.3) is 0 Å². The fourth-order valence-corrected chi connectivity index (χ4v) is 18.4. The van der Waals surface area contributed by atoms with Crippen molar-refractivity contribution in [2.45, 2.75) is 209 Å². The van der Waals surface area contributed by atoms with Gasteiger partial charge < -0.3 is 45.0 Å². The number of aryl methyl sites for hydroxylation is 2. The Labute approximate surface area is 673 Å². The molecule has 4 saturated heterocycles. The third kappa shape index (κ3) is 23.7. The number of esters is 1.